The van der Waals surface area contributed by atoms with Crippen molar-refractivity contribution in [1.29, 1.82) is 0 Å². The molecule has 1 fully saturated rings. The monoisotopic (exact) mass is 495 g/mol. The maximum atomic E-state index is 13.7. The number of imide groups is 1. The van der Waals surface area contributed by atoms with Crippen molar-refractivity contribution in [2.45, 2.75) is 52.1 Å². The van der Waals surface area contributed by atoms with Crippen LogP contribution in [0.4, 0.5) is 5.69 Å². The van der Waals surface area contributed by atoms with Crippen LogP contribution in [0.2, 0.25) is 0 Å². The quantitative estimate of drug-likeness (QED) is 0.317. The zero-order valence-corrected chi connectivity index (χ0v) is 21.4. The first-order valence-corrected chi connectivity index (χ1v) is 12.4. The van der Waals surface area contributed by atoms with Gasteiger partial charge in [-0.1, -0.05) is 36.8 Å². The zero-order valence-electron chi connectivity index (χ0n) is 21.4. The van der Waals surface area contributed by atoms with Crippen molar-refractivity contribution in [2.75, 3.05) is 4.90 Å². The van der Waals surface area contributed by atoms with E-state index in [1.165, 1.54) is 4.90 Å². The molecule has 37 heavy (non-hydrogen) atoms. The molecule has 1 atom stereocenters. The normalized spacial score (nSPS) is 16.0. The van der Waals surface area contributed by atoms with Crippen LogP contribution in [0.15, 0.2) is 77.2 Å². The maximum Gasteiger partial charge on any atom is 0.257 e. The molecule has 7 heteroatoms. The number of amides is 3. The third kappa shape index (κ3) is 4.42. The van der Waals surface area contributed by atoms with Crippen molar-refractivity contribution in [3.8, 4) is 11.5 Å². The van der Waals surface area contributed by atoms with Gasteiger partial charge in [0.15, 0.2) is 5.58 Å². The number of aryl methyl sites for hydroxylation is 1. The van der Waals surface area contributed by atoms with Crippen molar-refractivity contribution in [2.24, 2.45) is 0 Å². The minimum Gasteiger partial charge on any atom is -0.436 e. The van der Waals surface area contributed by atoms with Gasteiger partial charge in [-0.3, -0.25) is 14.4 Å². The summed E-state index contributed by atoms with van der Waals surface area (Å²) in [4.78, 5) is 47.8. The van der Waals surface area contributed by atoms with Crippen molar-refractivity contribution in [1.82, 2.24) is 9.88 Å². The van der Waals surface area contributed by atoms with Gasteiger partial charge in [0.2, 0.25) is 11.8 Å². The summed E-state index contributed by atoms with van der Waals surface area (Å²) < 4.78 is 5.83. The van der Waals surface area contributed by atoms with Gasteiger partial charge in [-0.2, -0.15) is 0 Å². The topological polar surface area (TPSA) is 83.7 Å². The average Bonchev–Trinajstić information content (AvgIpc) is 3.44. The predicted molar refractivity (Wildman–Crippen MR) is 142 cm³/mol. The Morgan fingerprint density at radius 1 is 1.05 bits per heavy atom. The number of carbonyl (C=O) groups excluding carboxylic acids is 3. The molecule has 1 aromatic heterocycles. The van der Waals surface area contributed by atoms with Gasteiger partial charge in [0.05, 0.1) is 12.1 Å². The summed E-state index contributed by atoms with van der Waals surface area (Å²) in [6, 6.07) is 20.9. The van der Waals surface area contributed by atoms with E-state index in [2.05, 4.69) is 4.98 Å². The van der Waals surface area contributed by atoms with E-state index in [4.69, 9.17) is 4.42 Å². The number of rotatable bonds is 6. The molecule has 0 aliphatic carbocycles. The summed E-state index contributed by atoms with van der Waals surface area (Å²) in [5.74, 6) is -0.528. The highest BCUT2D eigenvalue weighted by atomic mass is 16.3. The molecule has 1 aliphatic rings. The average molecular weight is 496 g/mol. The van der Waals surface area contributed by atoms with Crippen LogP contribution in [-0.2, 0) is 9.59 Å². The SMILES string of the molecule is CCC(C)(C)N(C(=O)c1cccc(C)c1)C1CC(=O)N(c2ccc(-c3nc4ccccc4o3)cc2)C1=O. The fourth-order valence-electron chi connectivity index (χ4n) is 4.76. The molecule has 1 aliphatic heterocycles. The Morgan fingerprint density at radius 3 is 2.46 bits per heavy atom. The Labute approximate surface area is 215 Å². The molecular formula is C30H29N3O4. The van der Waals surface area contributed by atoms with E-state index in [0.717, 1.165) is 16.6 Å². The van der Waals surface area contributed by atoms with Crippen molar-refractivity contribution in [3.05, 3.63) is 83.9 Å². The molecule has 0 N–H and O–H groups in total. The first-order valence-electron chi connectivity index (χ1n) is 12.4. The van der Waals surface area contributed by atoms with Gasteiger partial charge in [-0.05, 0) is 75.7 Å². The second-order valence-electron chi connectivity index (χ2n) is 10.0. The molecule has 5 rings (SSSR count). The standard InChI is InChI=1S/C30H29N3O4/c1-5-30(3,4)33(28(35)21-10-8-9-19(2)17-21)24-18-26(34)32(29(24)36)22-15-13-20(14-16-22)27-31-23-11-6-7-12-25(23)37-27/h6-17,24H,5,18H2,1-4H3. The number of carbonyl (C=O) groups is 3. The molecule has 0 bridgehead atoms. The van der Waals surface area contributed by atoms with E-state index >= 15 is 0 Å². The summed E-state index contributed by atoms with van der Waals surface area (Å²) >= 11 is 0. The van der Waals surface area contributed by atoms with E-state index in [1.54, 1.807) is 35.2 Å². The van der Waals surface area contributed by atoms with Crippen LogP contribution in [0.1, 0.15) is 49.5 Å². The number of anilines is 1. The Bertz CT molecular complexity index is 1470. The zero-order chi connectivity index (χ0) is 26.3. The minimum atomic E-state index is -0.882. The van der Waals surface area contributed by atoms with Gasteiger partial charge in [0.1, 0.15) is 11.6 Å². The molecule has 3 aromatic carbocycles. The Kier molecular flexibility index (Phi) is 6.15. The summed E-state index contributed by atoms with van der Waals surface area (Å²) in [5.41, 5.74) is 3.46. The van der Waals surface area contributed by atoms with E-state index in [9.17, 15) is 14.4 Å². The van der Waals surface area contributed by atoms with Crippen molar-refractivity contribution < 1.29 is 18.8 Å². The van der Waals surface area contributed by atoms with Gasteiger partial charge >= 0.3 is 0 Å². The lowest BCUT2D eigenvalue weighted by Gasteiger charge is -2.41. The first kappa shape index (κ1) is 24.4. The predicted octanol–water partition coefficient (Wildman–Crippen LogP) is 5.77. The number of para-hydroxylation sites is 2. The summed E-state index contributed by atoms with van der Waals surface area (Å²) in [7, 11) is 0. The van der Waals surface area contributed by atoms with E-state index in [1.807, 2.05) is 70.2 Å². The second-order valence-corrected chi connectivity index (χ2v) is 10.0. The van der Waals surface area contributed by atoms with Crippen LogP contribution in [0.25, 0.3) is 22.6 Å². The van der Waals surface area contributed by atoms with E-state index in [0.29, 0.717) is 29.1 Å². The van der Waals surface area contributed by atoms with E-state index < -0.39 is 17.5 Å². The smallest absolute Gasteiger partial charge is 0.257 e. The number of aromatic nitrogens is 1. The number of benzene rings is 3. The molecule has 1 saturated heterocycles. The highest BCUT2D eigenvalue weighted by Crippen LogP contribution is 2.33. The fraction of sp³-hybridized carbons (Fsp3) is 0.267. The highest BCUT2D eigenvalue weighted by molar-refractivity contribution is 6.23. The second kappa shape index (κ2) is 9.32. The van der Waals surface area contributed by atoms with Crippen molar-refractivity contribution in [3.63, 3.8) is 0 Å². The van der Waals surface area contributed by atoms with Crippen LogP contribution in [0.3, 0.4) is 0 Å². The number of hydrogen-bond donors (Lipinski definition) is 0. The Balaban J connectivity index is 1.44. The molecule has 0 spiro atoms. The number of nitrogens with zero attached hydrogens (tertiary/aromatic N) is 3. The highest BCUT2D eigenvalue weighted by Gasteiger charge is 2.48. The Hall–Kier alpha value is -4.26. The molecule has 188 valence electrons. The van der Waals surface area contributed by atoms with Crippen LogP contribution < -0.4 is 4.90 Å². The first-order chi connectivity index (χ1) is 17.7. The maximum absolute atomic E-state index is 13.7. The number of oxazole rings is 1. The van der Waals surface area contributed by atoms with Gasteiger partial charge < -0.3 is 9.32 Å². The molecule has 7 nitrogen and oxygen atoms in total. The lowest BCUT2D eigenvalue weighted by Crippen LogP contribution is -2.55. The fourth-order valence-corrected chi connectivity index (χ4v) is 4.76. The largest absolute Gasteiger partial charge is 0.436 e. The Morgan fingerprint density at radius 2 is 1.78 bits per heavy atom. The van der Waals surface area contributed by atoms with Gasteiger partial charge in [-0.15, -0.1) is 0 Å². The minimum absolute atomic E-state index is 0.0628. The molecule has 2 heterocycles. The van der Waals surface area contributed by atoms with Crippen molar-refractivity contribution >= 4 is 34.5 Å². The molecule has 0 saturated carbocycles. The van der Waals surface area contributed by atoms with Gasteiger partial charge in [0.25, 0.3) is 11.8 Å². The lowest BCUT2D eigenvalue weighted by molar-refractivity contribution is -0.123. The summed E-state index contributed by atoms with van der Waals surface area (Å²) in [6.45, 7) is 7.75. The van der Waals surface area contributed by atoms with Gasteiger partial charge in [0, 0.05) is 16.7 Å². The van der Waals surface area contributed by atoms with Crippen LogP contribution in [0, 0.1) is 6.92 Å². The van der Waals surface area contributed by atoms with Crippen LogP contribution in [-0.4, -0.2) is 39.2 Å². The lowest BCUT2D eigenvalue weighted by atomic mass is 9.94. The van der Waals surface area contributed by atoms with Crippen LogP contribution >= 0.6 is 0 Å². The molecule has 1 unspecified atom stereocenters. The molecular weight excluding hydrogens is 466 g/mol. The third-order valence-corrected chi connectivity index (χ3v) is 7.10. The van der Waals surface area contributed by atoms with Crippen LogP contribution in [0.5, 0.6) is 0 Å². The molecule has 4 aromatic rings. The van der Waals surface area contributed by atoms with Gasteiger partial charge in [-0.25, -0.2) is 9.88 Å². The summed E-state index contributed by atoms with van der Waals surface area (Å²) in [5, 5.41) is 0. The molecule has 3 amide bonds. The number of hydrogen-bond acceptors (Lipinski definition) is 5. The summed E-state index contributed by atoms with van der Waals surface area (Å²) in [6.07, 6.45) is 0.564. The third-order valence-electron chi connectivity index (χ3n) is 7.10. The molecule has 0 radical (unpaired) electrons. The van der Waals surface area contributed by atoms with E-state index in [-0.39, 0.29) is 18.2 Å². The number of fused-ring (bicyclic) bond motifs is 1.